The fraction of sp³-hybridized carbons (Fsp3) is 0.852. The molecule has 0 aliphatic rings. The van der Waals surface area contributed by atoms with E-state index in [2.05, 4.69) is 18.8 Å². The maximum Gasteiger partial charge on any atom is 0.419 e. The smallest absolute Gasteiger partial charge is 0.419 e. The molecule has 0 spiro atoms. The SMILES string of the molecule is CC.CCCCCCCCCCC(CCCCCCCCCC)OC(=O)n1ccnc1. The Bertz CT molecular complexity index is 454. The molecule has 0 amide bonds. The minimum Gasteiger partial charge on any atom is -0.446 e. The van der Waals surface area contributed by atoms with Gasteiger partial charge in [-0.3, -0.25) is 0 Å². The van der Waals surface area contributed by atoms with Gasteiger partial charge in [-0.05, 0) is 25.7 Å². The summed E-state index contributed by atoms with van der Waals surface area (Å²) >= 11 is 0. The van der Waals surface area contributed by atoms with Gasteiger partial charge in [0.05, 0.1) is 0 Å². The molecule has 31 heavy (non-hydrogen) atoms. The summed E-state index contributed by atoms with van der Waals surface area (Å²) in [4.78, 5) is 16.2. The molecule has 1 aromatic heterocycles. The fourth-order valence-corrected chi connectivity index (χ4v) is 3.84. The Labute approximate surface area is 193 Å². The molecule has 0 aromatic carbocycles. The van der Waals surface area contributed by atoms with Gasteiger partial charge in [0, 0.05) is 12.4 Å². The lowest BCUT2D eigenvalue weighted by Crippen LogP contribution is -2.21. The van der Waals surface area contributed by atoms with E-state index in [0.29, 0.717) is 0 Å². The Balaban J connectivity index is 0.00000436. The van der Waals surface area contributed by atoms with Crippen LogP contribution in [-0.4, -0.2) is 21.7 Å². The molecule has 0 saturated heterocycles. The molecule has 0 aliphatic carbocycles. The van der Waals surface area contributed by atoms with Crippen LogP contribution in [-0.2, 0) is 4.74 Å². The number of carbonyl (C=O) groups is 1. The van der Waals surface area contributed by atoms with Gasteiger partial charge in [-0.2, -0.15) is 0 Å². The summed E-state index contributed by atoms with van der Waals surface area (Å²) in [6.07, 6.45) is 27.5. The zero-order valence-corrected chi connectivity index (χ0v) is 21.2. The number of unbranched alkanes of at least 4 members (excludes halogenated alkanes) is 14. The second-order valence-electron chi connectivity index (χ2n) is 8.50. The number of hydrogen-bond donors (Lipinski definition) is 0. The first kappa shape index (κ1) is 29.7. The Kier molecular flexibility index (Phi) is 22.4. The van der Waals surface area contributed by atoms with Crippen molar-refractivity contribution < 1.29 is 9.53 Å². The highest BCUT2D eigenvalue weighted by molar-refractivity contribution is 5.70. The third-order valence-corrected chi connectivity index (χ3v) is 5.74. The summed E-state index contributed by atoms with van der Waals surface area (Å²) in [5.41, 5.74) is 0. The Hall–Kier alpha value is -1.32. The zero-order valence-electron chi connectivity index (χ0n) is 21.2. The van der Waals surface area contributed by atoms with Crippen LogP contribution in [0.5, 0.6) is 0 Å². The Morgan fingerprint density at radius 3 is 1.55 bits per heavy atom. The van der Waals surface area contributed by atoms with E-state index >= 15 is 0 Å². The molecule has 1 rings (SSSR count). The third-order valence-electron chi connectivity index (χ3n) is 5.74. The first-order valence-corrected chi connectivity index (χ1v) is 13.5. The van der Waals surface area contributed by atoms with Crippen molar-refractivity contribution in [3.05, 3.63) is 18.7 Å². The van der Waals surface area contributed by atoms with Gasteiger partial charge in [0.15, 0.2) is 0 Å². The summed E-state index contributed by atoms with van der Waals surface area (Å²) in [5, 5.41) is 0. The van der Waals surface area contributed by atoms with Crippen molar-refractivity contribution in [2.45, 2.75) is 149 Å². The van der Waals surface area contributed by atoms with Gasteiger partial charge in [-0.1, -0.05) is 118 Å². The molecule has 0 atom stereocenters. The van der Waals surface area contributed by atoms with Crippen molar-refractivity contribution in [1.82, 2.24) is 9.55 Å². The first-order valence-electron chi connectivity index (χ1n) is 13.5. The minimum absolute atomic E-state index is 0.0464. The molecular weight excluding hydrogens is 384 g/mol. The topological polar surface area (TPSA) is 44.1 Å². The van der Waals surface area contributed by atoms with Crippen molar-refractivity contribution in [2.75, 3.05) is 0 Å². The number of nitrogens with zero attached hydrogens (tertiary/aromatic N) is 2. The summed E-state index contributed by atoms with van der Waals surface area (Å²) < 4.78 is 7.24. The second kappa shape index (κ2) is 23.3. The number of rotatable bonds is 19. The highest BCUT2D eigenvalue weighted by Crippen LogP contribution is 2.18. The van der Waals surface area contributed by atoms with Gasteiger partial charge in [-0.25, -0.2) is 14.3 Å². The minimum atomic E-state index is -0.286. The molecule has 0 N–H and O–H groups in total. The van der Waals surface area contributed by atoms with Gasteiger partial charge < -0.3 is 4.74 Å². The lowest BCUT2D eigenvalue weighted by molar-refractivity contribution is 0.0852. The van der Waals surface area contributed by atoms with E-state index in [9.17, 15) is 4.79 Å². The maximum atomic E-state index is 12.3. The van der Waals surface area contributed by atoms with E-state index in [0.717, 1.165) is 25.7 Å². The monoisotopic (exact) mass is 436 g/mol. The lowest BCUT2D eigenvalue weighted by atomic mass is 10.0. The number of carbonyl (C=O) groups excluding carboxylic acids is 1. The summed E-state index contributed by atoms with van der Waals surface area (Å²) in [6, 6.07) is 0. The van der Waals surface area contributed by atoms with Crippen LogP contribution in [0.3, 0.4) is 0 Å². The molecule has 0 aliphatic heterocycles. The van der Waals surface area contributed by atoms with Crippen molar-refractivity contribution in [2.24, 2.45) is 0 Å². The molecule has 0 bridgehead atoms. The number of hydrogen-bond acceptors (Lipinski definition) is 3. The van der Waals surface area contributed by atoms with Crippen molar-refractivity contribution >= 4 is 6.09 Å². The Morgan fingerprint density at radius 2 is 1.16 bits per heavy atom. The second-order valence-corrected chi connectivity index (χ2v) is 8.50. The summed E-state index contributed by atoms with van der Waals surface area (Å²) in [5.74, 6) is 0. The first-order chi connectivity index (χ1) is 15.3. The van der Waals surface area contributed by atoms with Crippen LogP contribution in [0.4, 0.5) is 4.79 Å². The van der Waals surface area contributed by atoms with E-state index < -0.39 is 0 Å². The van der Waals surface area contributed by atoms with Gasteiger partial charge in [0.1, 0.15) is 12.4 Å². The van der Waals surface area contributed by atoms with Crippen LogP contribution in [0.2, 0.25) is 0 Å². The molecule has 4 heteroatoms. The zero-order chi connectivity index (χ0) is 23.0. The van der Waals surface area contributed by atoms with Crippen LogP contribution < -0.4 is 0 Å². The highest BCUT2D eigenvalue weighted by Gasteiger charge is 2.15. The van der Waals surface area contributed by atoms with Crippen molar-refractivity contribution in [3.8, 4) is 0 Å². The molecular formula is C27H52N2O2. The predicted octanol–water partition coefficient (Wildman–Crippen LogP) is 9.32. The quantitative estimate of drug-likeness (QED) is 0.203. The molecule has 0 saturated carbocycles. The molecule has 0 unspecified atom stereocenters. The molecule has 1 aromatic rings. The van der Waals surface area contributed by atoms with Gasteiger partial charge in [-0.15, -0.1) is 0 Å². The van der Waals surface area contributed by atoms with E-state index in [1.54, 1.807) is 12.4 Å². The van der Waals surface area contributed by atoms with Crippen LogP contribution in [0, 0.1) is 0 Å². The van der Waals surface area contributed by atoms with Crippen LogP contribution in [0.15, 0.2) is 18.7 Å². The molecule has 0 fully saturated rings. The molecule has 1 heterocycles. The largest absolute Gasteiger partial charge is 0.446 e. The molecule has 182 valence electrons. The van der Waals surface area contributed by atoms with Crippen molar-refractivity contribution in [3.63, 3.8) is 0 Å². The van der Waals surface area contributed by atoms with E-state index in [1.165, 1.54) is 101 Å². The number of aromatic nitrogens is 2. The van der Waals surface area contributed by atoms with Crippen molar-refractivity contribution in [1.29, 1.82) is 0 Å². The van der Waals surface area contributed by atoms with Gasteiger partial charge in [0.2, 0.25) is 0 Å². The lowest BCUT2D eigenvalue weighted by Gasteiger charge is -2.18. The highest BCUT2D eigenvalue weighted by atomic mass is 16.6. The molecule has 4 nitrogen and oxygen atoms in total. The van der Waals surface area contributed by atoms with Gasteiger partial charge in [0.25, 0.3) is 0 Å². The van der Waals surface area contributed by atoms with E-state index in [-0.39, 0.29) is 12.2 Å². The maximum absolute atomic E-state index is 12.3. The van der Waals surface area contributed by atoms with Gasteiger partial charge >= 0.3 is 6.09 Å². The van der Waals surface area contributed by atoms with E-state index in [1.807, 2.05) is 13.8 Å². The standard InChI is InChI=1S/C25H46N2O2.C2H6/c1-3-5-7-9-11-13-15-17-19-24(29-25(28)27-22-21-26-23-27)20-18-16-14-12-10-8-6-4-2;1-2/h21-24H,3-20H2,1-2H3;1-2H3. The number of imidazole rings is 1. The van der Waals surface area contributed by atoms with Crippen LogP contribution in [0.1, 0.15) is 143 Å². The normalized spacial score (nSPS) is 10.7. The fourth-order valence-electron chi connectivity index (χ4n) is 3.84. The molecule has 0 radical (unpaired) electrons. The predicted molar refractivity (Wildman–Crippen MR) is 134 cm³/mol. The van der Waals surface area contributed by atoms with Crippen LogP contribution >= 0.6 is 0 Å². The summed E-state index contributed by atoms with van der Waals surface area (Å²) in [6.45, 7) is 8.52. The number of ether oxygens (including phenoxy) is 1. The van der Waals surface area contributed by atoms with E-state index in [4.69, 9.17) is 4.74 Å². The Morgan fingerprint density at radius 1 is 0.742 bits per heavy atom. The average molecular weight is 437 g/mol. The summed E-state index contributed by atoms with van der Waals surface area (Å²) in [7, 11) is 0. The van der Waals surface area contributed by atoms with Crippen LogP contribution in [0.25, 0.3) is 0 Å². The average Bonchev–Trinajstić information content (AvgIpc) is 3.33. The third kappa shape index (κ3) is 18.0.